The molecule has 1 aromatic carbocycles. The predicted octanol–water partition coefficient (Wildman–Crippen LogP) is 2.45. The van der Waals surface area contributed by atoms with E-state index in [-0.39, 0.29) is 40.5 Å². The van der Waals surface area contributed by atoms with Gasteiger partial charge in [-0.3, -0.25) is 24.6 Å². The van der Waals surface area contributed by atoms with E-state index in [4.69, 9.17) is 14.3 Å². The van der Waals surface area contributed by atoms with Crippen LogP contribution in [0.4, 0.5) is 5.69 Å². The summed E-state index contributed by atoms with van der Waals surface area (Å²) in [5, 5.41) is 29.4. The topological polar surface area (TPSA) is 147 Å². The van der Waals surface area contributed by atoms with Crippen molar-refractivity contribution >= 4 is 23.6 Å². The molecule has 10 heteroatoms. The first kappa shape index (κ1) is 21.5. The van der Waals surface area contributed by atoms with Crippen LogP contribution in [-0.4, -0.2) is 47.0 Å². The zero-order valence-electron chi connectivity index (χ0n) is 16.6. The van der Waals surface area contributed by atoms with Crippen LogP contribution in [-0.2, 0) is 9.59 Å². The van der Waals surface area contributed by atoms with Crippen molar-refractivity contribution in [3.05, 3.63) is 62.9 Å². The minimum atomic E-state index is -0.757. The van der Waals surface area contributed by atoms with Crippen molar-refractivity contribution in [2.75, 3.05) is 20.3 Å². The maximum Gasteiger partial charge on any atom is 0.273 e. The van der Waals surface area contributed by atoms with Crippen LogP contribution in [0.15, 0.2) is 51.5 Å². The molecule has 10 nitrogen and oxygen atoms in total. The summed E-state index contributed by atoms with van der Waals surface area (Å²) in [5.74, 6) is -0.576. The summed E-state index contributed by atoms with van der Waals surface area (Å²) in [4.78, 5) is 36.3. The Labute approximate surface area is 176 Å². The molecule has 0 aliphatic carbocycles. The van der Waals surface area contributed by atoms with E-state index in [1.807, 2.05) is 0 Å². The summed E-state index contributed by atoms with van der Waals surface area (Å²) in [5.41, 5.74) is 0.428. The van der Waals surface area contributed by atoms with Gasteiger partial charge >= 0.3 is 0 Å². The van der Waals surface area contributed by atoms with Crippen molar-refractivity contribution in [3.63, 3.8) is 0 Å². The maximum absolute atomic E-state index is 12.7. The number of nitrogens with zero attached hydrogens (tertiary/aromatic N) is 3. The molecular formula is C21H17N3O7. The maximum atomic E-state index is 12.7. The fourth-order valence-electron chi connectivity index (χ4n) is 3.15. The lowest BCUT2D eigenvalue weighted by Crippen LogP contribution is -2.44. The van der Waals surface area contributed by atoms with E-state index in [9.17, 15) is 25.0 Å². The van der Waals surface area contributed by atoms with Crippen LogP contribution in [0.3, 0.4) is 0 Å². The zero-order valence-corrected chi connectivity index (χ0v) is 16.6. The number of carbonyl (C=O) groups is 2. The highest BCUT2D eigenvalue weighted by atomic mass is 16.6. The molecule has 2 heterocycles. The summed E-state index contributed by atoms with van der Waals surface area (Å²) < 4.78 is 11.0. The van der Waals surface area contributed by atoms with E-state index in [1.165, 1.54) is 38.3 Å². The van der Waals surface area contributed by atoms with Gasteiger partial charge in [-0.15, -0.1) is 0 Å². The molecule has 1 aromatic heterocycles. The number of carbonyl (C=O) groups excluding carboxylic acids is 2. The number of hydrogen-bond acceptors (Lipinski definition) is 8. The van der Waals surface area contributed by atoms with Crippen molar-refractivity contribution in [1.82, 2.24) is 4.90 Å². The molecule has 1 aliphatic heterocycles. The number of aliphatic hydroxyl groups is 1. The van der Waals surface area contributed by atoms with Gasteiger partial charge in [0.05, 0.1) is 36.8 Å². The molecular weight excluding hydrogens is 406 g/mol. The standard InChI is InChI=1S/C21H17N3O7/c1-12-16(20(26)23(7-8-25)21(27)17(12)11-22)10-14-4-6-18(31-14)15-5-3-13(24(28)29)9-19(15)30-2/h3-6,9-10,25H,7-8H2,1-2H3/b16-10-. The van der Waals surface area contributed by atoms with Crippen LogP contribution in [0.1, 0.15) is 12.7 Å². The second kappa shape index (κ2) is 8.64. The van der Waals surface area contributed by atoms with Crippen LogP contribution in [0.5, 0.6) is 5.75 Å². The number of β-amino-alcohol motifs (C(OH)–C–C–N with tert-alkyl or cyclic N) is 1. The Hall–Kier alpha value is -4.23. The third-order valence-electron chi connectivity index (χ3n) is 4.72. The van der Waals surface area contributed by atoms with Gasteiger partial charge < -0.3 is 14.3 Å². The van der Waals surface area contributed by atoms with Crippen molar-refractivity contribution in [3.8, 4) is 23.1 Å². The highest BCUT2D eigenvalue weighted by Gasteiger charge is 2.35. The summed E-state index contributed by atoms with van der Waals surface area (Å²) >= 11 is 0. The number of hydrogen-bond donors (Lipinski definition) is 1. The Balaban J connectivity index is 2.04. The lowest BCUT2D eigenvalue weighted by molar-refractivity contribution is -0.384. The monoisotopic (exact) mass is 423 g/mol. The van der Waals surface area contributed by atoms with Gasteiger partial charge in [0.25, 0.3) is 17.5 Å². The molecule has 0 unspecified atom stereocenters. The molecule has 3 rings (SSSR count). The number of non-ortho nitro benzene ring substituents is 1. The lowest BCUT2D eigenvalue weighted by atomic mass is 9.95. The van der Waals surface area contributed by atoms with Gasteiger partial charge in [0.1, 0.15) is 28.9 Å². The number of ether oxygens (including phenoxy) is 1. The van der Waals surface area contributed by atoms with E-state index in [1.54, 1.807) is 18.2 Å². The van der Waals surface area contributed by atoms with Crippen LogP contribution < -0.4 is 4.74 Å². The van der Waals surface area contributed by atoms with E-state index in [0.717, 1.165) is 4.90 Å². The normalized spacial score (nSPS) is 15.4. The minimum absolute atomic E-state index is 0.0844. The number of amides is 2. The molecule has 1 N–H and O–H groups in total. The number of nitro benzene ring substituents is 1. The highest BCUT2D eigenvalue weighted by Crippen LogP contribution is 2.35. The average Bonchev–Trinajstić information content (AvgIpc) is 3.22. The van der Waals surface area contributed by atoms with Crippen molar-refractivity contribution in [2.45, 2.75) is 6.92 Å². The summed E-state index contributed by atoms with van der Waals surface area (Å²) in [6, 6.07) is 9.04. The molecule has 1 aliphatic rings. The van der Waals surface area contributed by atoms with E-state index < -0.39 is 23.3 Å². The highest BCUT2D eigenvalue weighted by molar-refractivity contribution is 6.19. The largest absolute Gasteiger partial charge is 0.496 e. The van der Waals surface area contributed by atoms with E-state index in [0.29, 0.717) is 11.3 Å². The average molecular weight is 423 g/mol. The SMILES string of the molecule is COc1cc([N+](=O)[O-])ccc1-c1ccc(/C=C2\C(=O)N(CCO)C(=O)C(C#N)=C2C)o1. The second-order valence-electron chi connectivity index (χ2n) is 6.50. The van der Waals surface area contributed by atoms with Gasteiger partial charge in [0.15, 0.2) is 0 Å². The van der Waals surface area contributed by atoms with Crippen molar-refractivity contribution in [2.24, 2.45) is 0 Å². The molecule has 31 heavy (non-hydrogen) atoms. The number of benzene rings is 1. The molecule has 0 bridgehead atoms. The number of nitro groups is 1. The summed E-state index contributed by atoms with van der Waals surface area (Å²) in [7, 11) is 1.37. The molecule has 0 spiro atoms. The second-order valence-corrected chi connectivity index (χ2v) is 6.50. The fraction of sp³-hybridized carbons (Fsp3) is 0.190. The van der Waals surface area contributed by atoms with Crippen LogP contribution >= 0.6 is 0 Å². The molecule has 0 saturated carbocycles. The summed E-state index contributed by atoms with van der Waals surface area (Å²) in [6.45, 7) is 0.809. The quantitative estimate of drug-likeness (QED) is 0.322. The first-order valence-electron chi connectivity index (χ1n) is 9.05. The Bertz CT molecular complexity index is 1180. The minimum Gasteiger partial charge on any atom is -0.496 e. The van der Waals surface area contributed by atoms with E-state index in [2.05, 4.69) is 0 Å². The molecule has 0 fully saturated rings. The van der Waals surface area contributed by atoms with Gasteiger partial charge in [-0.25, -0.2) is 0 Å². The smallest absolute Gasteiger partial charge is 0.273 e. The number of aliphatic hydroxyl groups excluding tert-OH is 1. The van der Waals surface area contributed by atoms with Gasteiger partial charge in [0.2, 0.25) is 0 Å². The van der Waals surface area contributed by atoms with Gasteiger partial charge in [-0.1, -0.05) is 0 Å². The number of rotatable bonds is 6. The van der Waals surface area contributed by atoms with Gasteiger partial charge in [-0.05, 0) is 36.8 Å². The number of nitriles is 1. The fourth-order valence-corrected chi connectivity index (χ4v) is 3.15. The third kappa shape index (κ3) is 3.94. The predicted molar refractivity (Wildman–Crippen MR) is 107 cm³/mol. The third-order valence-corrected chi connectivity index (χ3v) is 4.72. The number of furan rings is 1. The first-order valence-corrected chi connectivity index (χ1v) is 9.05. The zero-order chi connectivity index (χ0) is 22.7. The molecule has 2 amide bonds. The van der Waals surface area contributed by atoms with Crippen molar-refractivity contribution < 1.29 is 28.8 Å². The van der Waals surface area contributed by atoms with Crippen LogP contribution in [0, 0.1) is 21.4 Å². The van der Waals surface area contributed by atoms with Gasteiger partial charge in [0, 0.05) is 11.6 Å². The lowest BCUT2D eigenvalue weighted by Gasteiger charge is -2.26. The van der Waals surface area contributed by atoms with Gasteiger partial charge in [-0.2, -0.15) is 5.26 Å². The molecule has 0 atom stereocenters. The molecule has 2 aromatic rings. The Morgan fingerprint density at radius 3 is 2.65 bits per heavy atom. The Morgan fingerprint density at radius 1 is 1.29 bits per heavy atom. The Morgan fingerprint density at radius 2 is 2.03 bits per heavy atom. The Kier molecular flexibility index (Phi) is 5.99. The number of methoxy groups -OCH3 is 1. The van der Waals surface area contributed by atoms with Crippen LogP contribution in [0.2, 0.25) is 0 Å². The molecule has 158 valence electrons. The molecule has 0 radical (unpaired) electrons. The molecule has 0 saturated heterocycles. The van der Waals surface area contributed by atoms with E-state index >= 15 is 0 Å². The first-order chi connectivity index (χ1) is 14.8. The summed E-state index contributed by atoms with van der Waals surface area (Å²) in [6.07, 6.45) is 1.40. The van der Waals surface area contributed by atoms with Crippen molar-refractivity contribution in [1.29, 1.82) is 5.26 Å². The number of imide groups is 1. The van der Waals surface area contributed by atoms with Crippen LogP contribution in [0.25, 0.3) is 17.4 Å².